The molecule has 228 valence electrons. The van der Waals surface area contributed by atoms with Crippen LogP contribution in [0.3, 0.4) is 0 Å². The largest absolute Gasteiger partial charge is 0.491 e. The first-order valence-electron chi connectivity index (χ1n) is 14.0. The van der Waals surface area contributed by atoms with Gasteiger partial charge in [-0.1, -0.05) is 0 Å². The van der Waals surface area contributed by atoms with E-state index in [1.165, 1.54) is 12.5 Å². The summed E-state index contributed by atoms with van der Waals surface area (Å²) in [6, 6.07) is 6.53. The number of rotatable bonds is 9. The number of ether oxygens (including phenoxy) is 1. The third-order valence-electron chi connectivity index (χ3n) is 7.64. The Bertz CT molecular complexity index is 1740. The Labute approximate surface area is 250 Å². The maximum absolute atomic E-state index is 13.7. The predicted octanol–water partition coefficient (Wildman–Crippen LogP) is 3.58. The standard InChI is InChI=1S/C29H36N8O5S/c1-18-19(2)34-35-26(18)33-27-21-14-24(43(40,41)29(3,4)5)23(15-22(21)31-17-32-27)42-13-12-36-8-10-37(11-9-36)25-7-6-20(16-30-25)28(38)39/h6-7,14-17H,8-13H2,1-5H3,(H,38,39)(H2,31,32,33,34,35). The molecule has 0 saturated carbocycles. The lowest BCUT2D eigenvalue weighted by molar-refractivity contribution is 0.0696. The molecule has 1 aliphatic rings. The van der Waals surface area contributed by atoms with Crippen molar-refractivity contribution in [1.29, 1.82) is 0 Å². The molecule has 3 aromatic heterocycles. The smallest absolute Gasteiger partial charge is 0.337 e. The summed E-state index contributed by atoms with van der Waals surface area (Å²) in [4.78, 5) is 28.6. The van der Waals surface area contributed by atoms with Crippen LogP contribution in [0.4, 0.5) is 17.5 Å². The van der Waals surface area contributed by atoms with Crippen LogP contribution in [0.25, 0.3) is 10.9 Å². The van der Waals surface area contributed by atoms with Gasteiger partial charge in [0.15, 0.2) is 15.7 Å². The second-order valence-electron chi connectivity index (χ2n) is 11.5. The second kappa shape index (κ2) is 11.8. The van der Waals surface area contributed by atoms with Crippen molar-refractivity contribution < 1.29 is 23.1 Å². The first-order chi connectivity index (χ1) is 20.3. The highest BCUT2D eigenvalue weighted by Gasteiger charge is 2.34. The molecule has 1 fully saturated rings. The summed E-state index contributed by atoms with van der Waals surface area (Å²) in [7, 11) is -3.79. The molecular formula is C29H36N8O5S. The van der Waals surface area contributed by atoms with E-state index < -0.39 is 20.6 Å². The Kier molecular flexibility index (Phi) is 8.25. The van der Waals surface area contributed by atoms with Crippen LogP contribution >= 0.6 is 0 Å². The van der Waals surface area contributed by atoms with Crippen molar-refractivity contribution >= 4 is 44.2 Å². The number of carboxylic acids is 1. The fourth-order valence-electron chi connectivity index (χ4n) is 4.72. The topological polar surface area (TPSA) is 167 Å². The van der Waals surface area contributed by atoms with Crippen molar-refractivity contribution in [2.45, 2.75) is 44.3 Å². The molecule has 1 aromatic carbocycles. The minimum absolute atomic E-state index is 0.0842. The first kappa shape index (κ1) is 30.2. The lowest BCUT2D eigenvalue weighted by atomic mass is 10.2. The number of carboxylic acid groups (broad SMARTS) is 1. The van der Waals surface area contributed by atoms with Crippen LogP contribution in [0.5, 0.6) is 5.75 Å². The molecule has 0 aliphatic carbocycles. The van der Waals surface area contributed by atoms with Crippen molar-refractivity contribution in [3.63, 3.8) is 0 Å². The molecule has 0 bridgehead atoms. The molecule has 1 aliphatic heterocycles. The molecular weight excluding hydrogens is 572 g/mol. The number of hydrogen-bond acceptors (Lipinski definition) is 11. The number of fused-ring (bicyclic) bond motifs is 1. The van der Waals surface area contributed by atoms with E-state index >= 15 is 0 Å². The number of aromatic nitrogens is 5. The van der Waals surface area contributed by atoms with Gasteiger partial charge in [-0.15, -0.1) is 0 Å². The number of H-pyrrole nitrogens is 1. The van der Waals surface area contributed by atoms with Gasteiger partial charge in [0.05, 0.1) is 15.8 Å². The van der Waals surface area contributed by atoms with Gasteiger partial charge in [0.25, 0.3) is 0 Å². The molecule has 0 radical (unpaired) electrons. The van der Waals surface area contributed by atoms with Gasteiger partial charge in [0.2, 0.25) is 0 Å². The summed E-state index contributed by atoms with van der Waals surface area (Å²) < 4.78 is 32.5. The summed E-state index contributed by atoms with van der Waals surface area (Å²) in [6.45, 7) is 12.7. The van der Waals surface area contributed by atoms with Gasteiger partial charge in [-0.2, -0.15) is 5.10 Å². The zero-order valence-electron chi connectivity index (χ0n) is 24.9. The van der Waals surface area contributed by atoms with E-state index in [-0.39, 0.29) is 22.8 Å². The van der Waals surface area contributed by atoms with Crippen molar-refractivity contribution in [1.82, 2.24) is 30.0 Å². The van der Waals surface area contributed by atoms with E-state index in [0.717, 1.165) is 43.3 Å². The molecule has 1 saturated heterocycles. The Balaban J connectivity index is 1.32. The molecule has 0 atom stereocenters. The molecule has 4 aromatic rings. The number of carbonyl (C=O) groups is 1. The summed E-state index contributed by atoms with van der Waals surface area (Å²) in [5.41, 5.74) is 2.55. The summed E-state index contributed by atoms with van der Waals surface area (Å²) in [6.07, 6.45) is 2.79. The van der Waals surface area contributed by atoms with Crippen LogP contribution in [0.2, 0.25) is 0 Å². The molecule has 3 N–H and O–H groups in total. The number of aromatic carboxylic acids is 1. The van der Waals surface area contributed by atoms with E-state index in [4.69, 9.17) is 9.84 Å². The van der Waals surface area contributed by atoms with Crippen molar-refractivity contribution in [3.05, 3.63) is 53.6 Å². The van der Waals surface area contributed by atoms with Gasteiger partial charge in [-0.3, -0.25) is 10.00 Å². The highest BCUT2D eigenvalue weighted by atomic mass is 32.2. The van der Waals surface area contributed by atoms with E-state index in [1.807, 2.05) is 13.8 Å². The van der Waals surface area contributed by atoms with E-state index in [9.17, 15) is 13.2 Å². The lowest BCUT2D eigenvalue weighted by Crippen LogP contribution is -2.47. The van der Waals surface area contributed by atoms with E-state index in [1.54, 1.807) is 45.0 Å². The zero-order chi connectivity index (χ0) is 30.9. The lowest BCUT2D eigenvalue weighted by Gasteiger charge is -2.35. The van der Waals surface area contributed by atoms with Gasteiger partial charge < -0.3 is 20.1 Å². The Hall–Kier alpha value is -4.30. The number of pyridine rings is 1. The zero-order valence-corrected chi connectivity index (χ0v) is 25.7. The monoisotopic (exact) mass is 608 g/mol. The number of aryl methyl sites for hydroxylation is 1. The van der Waals surface area contributed by atoms with Crippen LogP contribution in [-0.4, -0.2) is 93.6 Å². The highest BCUT2D eigenvalue weighted by Crippen LogP contribution is 2.37. The van der Waals surface area contributed by atoms with Gasteiger partial charge in [0.1, 0.15) is 35.2 Å². The third kappa shape index (κ3) is 6.25. The van der Waals surface area contributed by atoms with Gasteiger partial charge in [-0.25, -0.2) is 28.2 Å². The van der Waals surface area contributed by atoms with Crippen molar-refractivity contribution in [2.75, 3.05) is 49.5 Å². The first-order valence-corrected chi connectivity index (χ1v) is 15.4. The Morgan fingerprint density at radius 3 is 2.42 bits per heavy atom. The predicted molar refractivity (Wildman–Crippen MR) is 163 cm³/mol. The molecule has 0 amide bonds. The highest BCUT2D eigenvalue weighted by molar-refractivity contribution is 7.92. The second-order valence-corrected chi connectivity index (χ2v) is 14.2. The summed E-state index contributed by atoms with van der Waals surface area (Å²) in [5.74, 6) is 1.04. The average Bonchev–Trinajstić information content (AvgIpc) is 3.29. The van der Waals surface area contributed by atoms with Crippen LogP contribution in [0, 0.1) is 13.8 Å². The molecule has 0 spiro atoms. The fourth-order valence-corrected chi connectivity index (χ4v) is 6.04. The number of anilines is 3. The van der Waals surface area contributed by atoms with E-state index in [2.05, 4.69) is 40.3 Å². The molecule has 43 heavy (non-hydrogen) atoms. The Morgan fingerprint density at radius 2 is 1.81 bits per heavy atom. The van der Waals surface area contributed by atoms with Crippen molar-refractivity contribution in [3.8, 4) is 5.75 Å². The molecule has 4 heterocycles. The SMILES string of the molecule is Cc1[nH]nc(Nc2ncnc3cc(OCCN4CCN(c5ccc(C(=O)O)cn5)CC4)c(S(=O)(=O)C(C)(C)C)cc23)c1C. The number of sulfone groups is 1. The van der Waals surface area contributed by atoms with E-state index in [0.29, 0.717) is 29.1 Å². The molecule has 5 rings (SSSR count). The third-order valence-corrected chi connectivity index (χ3v) is 10.2. The van der Waals surface area contributed by atoms with Gasteiger partial charge in [-0.05, 0) is 52.8 Å². The number of benzene rings is 1. The summed E-state index contributed by atoms with van der Waals surface area (Å²) in [5, 5.41) is 20.1. The molecule has 0 unspecified atom stereocenters. The Morgan fingerprint density at radius 1 is 1.07 bits per heavy atom. The minimum atomic E-state index is -3.79. The van der Waals surface area contributed by atoms with Crippen molar-refractivity contribution in [2.24, 2.45) is 0 Å². The number of piperazine rings is 1. The number of nitrogens with one attached hydrogen (secondary N) is 2. The average molecular weight is 609 g/mol. The quantitative estimate of drug-likeness (QED) is 0.253. The maximum atomic E-state index is 13.7. The molecule has 14 heteroatoms. The number of aromatic amines is 1. The number of hydrogen-bond donors (Lipinski definition) is 3. The van der Waals surface area contributed by atoms with Gasteiger partial charge in [0, 0.05) is 61.6 Å². The maximum Gasteiger partial charge on any atom is 0.337 e. The van der Waals surface area contributed by atoms with Crippen LogP contribution in [0.15, 0.2) is 41.7 Å². The van der Waals surface area contributed by atoms with Crippen LogP contribution < -0.4 is 15.0 Å². The number of nitrogens with zero attached hydrogens (tertiary/aromatic N) is 6. The van der Waals surface area contributed by atoms with Crippen LogP contribution in [0.1, 0.15) is 42.4 Å². The van der Waals surface area contributed by atoms with Gasteiger partial charge >= 0.3 is 5.97 Å². The normalized spacial score (nSPS) is 14.7. The summed E-state index contributed by atoms with van der Waals surface area (Å²) >= 11 is 0. The van der Waals surface area contributed by atoms with Crippen LogP contribution in [-0.2, 0) is 9.84 Å². The molecule has 13 nitrogen and oxygen atoms in total. The minimum Gasteiger partial charge on any atom is -0.491 e. The fraction of sp³-hybridized carbons (Fsp3) is 0.414.